The van der Waals surface area contributed by atoms with Gasteiger partial charge in [-0.3, -0.25) is 5.10 Å². The van der Waals surface area contributed by atoms with Crippen molar-refractivity contribution in [2.75, 3.05) is 6.54 Å². The van der Waals surface area contributed by atoms with Gasteiger partial charge in [-0.2, -0.15) is 5.10 Å². The van der Waals surface area contributed by atoms with Gasteiger partial charge in [-0.15, -0.1) is 0 Å². The van der Waals surface area contributed by atoms with E-state index in [9.17, 15) is 0 Å². The van der Waals surface area contributed by atoms with Crippen molar-refractivity contribution in [1.29, 1.82) is 0 Å². The van der Waals surface area contributed by atoms with Gasteiger partial charge in [0.15, 0.2) is 0 Å². The van der Waals surface area contributed by atoms with Crippen LogP contribution in [0.3, 0.4) is 0 Å². The van der Waals surface area contributed by atoms with Crippen LogP contribution in [0.15, 0.2) is 12.3 Å². The molecule has 0 bridgehead atoms. The molecule has 1 atom stereocenters. The van der Waals surface area contributed by atoms with Gasteiger partial charge in [-0.05, 0) is 25.5 Å². The lowest BCUT2D eigenvalue weighted by Crippen LogP contribution is -2.26. The number of hydrogen-bond acceptors (Lipinski definition) is 2. The number of piperidine rings is 1. The van der Waals surface area contributed by atoms with Gasteiger partial charge in [0.2, 0.25) is 0 Å². The Labute approximate surface area is 66.2 Å². The first-order valence-corrected chi connectivity index (χ1v) is 4.19. The zero-order chi connectivity index (χ0) is 7.52. The van der Waals surface area contributed by atoms with Gasteiger partial charge in [0, 0.05) is 12.2 Å². The van der Waals surface area contributed by atoms with Crippen LogP contribution in [0.25, 0.3) is 0 Å². The summed E-state index contributed by atoms with van der Waals surface area (Å²) in [6, 6.07) is 2.56. The number of hydrogen-bond donors (Lipinski definition) is 2. The van der Waals surface area contributed by atoms with E-state index in [0.29, 0.717) is 6.04 Å². The summed E-state index contributed by atoms with van der Waals surface area (Å²) in [4.78, 5) is 0. The van der Waals surface area contributed by atoms with E-state index in [0.717, 1.165) is 6.54 Å². The molecule has 0 amide bonds. The van der Waals surface area contributed by atoms with Crippen molar-refractivity contribution in [1.82, 2.24) is 15.5 Å². The van der Waals surface area contributed by atoms with Crippen LogP contribution in [0, 0.1) is 0 Å². The number of nitrogens with zero attached hydrogens (tertiary/aromatic N) is 1. The van der Waals surface area contributed by atoms with Crippen molar-refractivity contribution in [3.05, 3.63) is 18.0 Å². The second-order valence-corrected chi connectivity index (χ2v) is 3.01. The summed E-state index contributed by atoms with van der Waals surface area (Å²) >= 11 is 0. The van der Waals surface area contributed by atoms with Gasteiger partial charge in [0.05, 0.1) is 5.69 Å². The summed E-state index contributed by atoms with van der Waals surface area (Å²) in [6.45, 7) is 1.14. The molecule has 2 heterocycles. The maximum atomic E-state index is 3.93. The summed E-state index contributed by atoms with van der Waals surface area (Å²) < 4.78 is 0. The normalized spacial score (nSPS) is 25.3. The Morgan fingerprint density at radius 1 is 1.45 bits per heavy atom. The zero-order valence-corrected chi connectivity index (χ0v) is 6.51. The molecule has 1 saturated heterocycles. The first kappa shape index (κ1) is 6.85. The largest absolute Gasteiger partial charge is 0.309 e. The molecule has 11 heavy (non-hydrogen) atoms. The Balaban J connectivity index is 2.04. The monoisotopic (exact) mass is 151 g/mol. The predicted molar refractivity (Wildman–Crippen MR) is 43.2 cm³/mol. The summed E-state index contributed by atoms with van der Waals surface area (Å²) in [5.74, 6) is 0. The van der Waals surface area contributed by atoms with Crippen LogP contribution >= 0.6 is 0 Å². The smallest absolute Gasteiger partial charge is 0.0521 e. The fourth-order valence-corrected chi connectivity index (χ4v) is 1.58. The maximum Gasteiger partial charge on any atom is 0.0521 e. The van der Waals surface area contributed by atoms with Gasteiger partial charge in [0.1, 0.15) is 0 Å². The highest BCUT2D eigenvalue weighted by Gasteiger charge is 2.14. The van der Waals surface area contributed by atoms with Crippen molar-refractivity contribution in [3.8, 4) is 0 Å². The molecule has 1 fully saturated rings. The lowest BCUT2D eigenvalue weighted by atomic mass is 10.0. The second-order valence-electron chi connectivity index (χ2n) is 3.01. The Hall–Kier alpha value is -0.830. The molecule has 2 rings (SSSR count). The number of H-pyrrole nitrogens is 1. The molecule has 1 aliphatic heterocycles. The van der Waals surface area contributed by atoms with Crippen LogP contribution < -0.4 is 5.32 Å². The van der Waals surface area contributed by atoms with E-state index in [1.54, 1.807) is 0 Å². The molecular weight excluding hydrogens is 138 g/mol. The maximum absolute atomic E-state index is 3.93. The van der Waals surface area contributed by atoms with E-state index in [1.165, 1.54) is 25.0 Å². The summed E-state index contributed by atoms with van der Waals surface area (Å²) in [5, 5.41) is 10.4. The Kier molecular flexibility index (Phi) is 1.90. The van der Waals surface area contributed by atoms with Gasteiger partial charge < -0.3 is 5.32 Å². The number of aromatic nitrogens is 2. The average Bonchev–Trinajstić information content (AvgIpc) is 2.58. The Morgan fingerprint density at radius 2 is 2.45 bits per heavy atom. The number of aromatic amines is 1. The van der Waals surface area contributed by atoms with E-state index < -0.39 is 0 Å². The summed E-state index contributed by atoms with van der Waals surface area (Å²) in [5.41, 5.74) is 1.23. The van der Waals surface area contributed by atoms with E-state index in [1.807, 2.05) is 12.3 Å². The van der Waals surface area contributed by atoms with Crippen LogP contribution in [-0.4, -0.2) is 16.7 Å². The molecule has 0 saturated carbocycles. The fraction of sp³-hybridized carbons (Fsp3) is 0.625. The third kappa shape index (κ3) is 1.43. The molecule has 1 unspecified atom stereocenters. The van der Waals surface area contributed by atoms with E-state index in [2.05, 4.69) is 15.5 Å². The minimum atomic E-state index is 0.520. The molecule has 60 valence electrons. The summed E-state index contributed by atoms with van der Waals surface area (Å²) in [7, 11) is 0. The third-order valence-corrected chi connectivity index (χ3v) is 2.21. The van der Waals surface area contributed by atoms with Crippen LogP contribution in [0.5, 0.6) is 0 Å². The predicted octanol–water partition coefficient (Wildman–Crippen LogP) is 1.22. The lowest BCUT2D eigenvalue weighted by molar-refractivity contribution is 0.405. The Morgan fingerprint density at radius 3 is 3.09 bits per heavy atom. The lowest BCUT2D eigenvalue weighted by Gasteiger charge is -2.21. The average molecular weight is 151 g/mol. The first-order chi connectivity index (χ1) is 5.47. The van der Waals surface area contributed by atoms with E-state index in [-0.39, 0.29) is 0 Å². The SMILES string of the molecule is c1cc(C2CCCCN2)[nH]n1. The molecule has 2 N–H and O–H groups in total. The quantitative estimate of drug-likeness (QED) is 0.633. The highest BCUT2D eigenvalue weighted by Crippen LogP contribution is 2.19. The van der Waals surface area contributed by atoms with Crippen LogP contribution in [0.4, 0.5) is 0 Å². The molecular formula is C8H13N3. The first-order valence-electron chi connectivity index (χ1n) is 4.19. The number of rotatable bonds is 1. The fourth-order valence-electron chi connectivity index (χ4n) is 1.58. The van der Waals surface area contributed by atoms with E-state index >= 15 is 0 Å². The topological polar surface area (TPSA) is 40.7 Å². The van der Waals surface area contributed by atoms with Crippen LogP contribution in [0.2, 0.25) is 0 Å². The highest BCUT2D eigenvalue weighted by molar-refractivity contribution is 5.04. The van der Waals surface area contributed by atoms with Crippen LogP contribution in [0.1, 0.15) is 31.0 Å². The standard InChI is InChI=1S/C8H13N3/c1-2-5-9-7(3-1)8-4-6-10-11-8/h4,6-7,9H,1-3,5H2,(H,10,11). The van der Waals surface area contributed by atoms with Gasteiger partial charge >= 0.3 is 0 Å². The highest BCUT2D eigenvalue weighted by atomic mass is 15.1. The second kappa shape index (κ2) is 3.05. The van der Waals surface area contributed by atoms with Crippen molar-refractivity contribution < 1.29 is 0 Å². The van der Waals surface area contributed by atoms with Gasteiger partial charge in [-0.25, -0.2) is 0 Å². The number of nitrogens with one attached hydrogen (secondary N) is 2. The summed E-state index contributed by atoms with van der Waals surface area (Å²) in [6.07, 6.45) is 5.69. The van der Waals surface area contributed by atoms with Gasteiger partial charge in [0.25, 0.3) is 0 Å². The molecule has 3 nitrogen and oxygen atoms in total. The Bertz CT molecular complexity index is 199. The molecule has 0 aromatic carbocycles. The van der Waals surface area contributed by atoms with Crippen LogP contribution in [-0.2, 0) is 0 Å². The molecule has 0 spiro atoms. The van der Waals surface area contributed by atoms with Crippen molar-refractivity contribution in [2.45, 2.75) is 25.3 Å². The van der Waals surface area contributed by atoms with Crippen molar-refractivity contribution in [2.24, 2.45) is 0 Å². The third-order valence-electron chi connectivity index (χ3n) is 2.21. The van der Waals surface area contributed by atoms with Crippen molar-refractivity contribution >= 4 is 0 Å². The molecule has 1 aromatic heterocycles. The van der Waals surface area contributed by atoms with Crippen molar-refractivity contribution in [3.63, 3.8) is 0 Å². The van der Waals surface area contributed by atoms with E-state index in [4.69, 9.17) is 0 Å². The molecule has 1 aliphatic rings. The molecule has 0 aliphatic carbocycles. The minimum absolute atomic E-state index is 0.520. The zero-order valence-electron chi connectivity index (χ0n) is 6.51. The molecule has 1 aromatic rings. The molecule has 0 radical (unpaired) electrons. The van der Waals surface area contributed by atoms with Gasteiger partial charge in [-0.1, -0.05) is 6.42 Å². The minimum Gasteiger partial charge on any atom is -0.309 e. The molecule has 3 heteroatoms.